The molecule has 0 aromatic rings. The van der Waals surface area contributed by atoms with Gasteiger partial charge in [0.15, 0.2) is 0 Å². The fraction of sp³-hybridized carbons (Fsp3) is 0.857. The largest absolute Gasteiger partial charge is 0.103 e. The number of unbranched alkanes of at least 4 members (excludes halogenated alkanes) is 4. The van der Waals surface area contributed by atoms with Gasteiger partial charge in [0.2, 0.25) is 0 Å². The molecule has 14 heavy (non-hydrogen) atoms. The summed E-state index contributed by atoms with van der Waals surface area (Å²) in [5, 5.41) is 0. The summed E-state index contributed by atoms with van der Waals surface area (Å²) in [4.78, 5) is 0. The van der Waals surface area contributed by atoms with E-state index in [0.717, 1.165) is 6.42 Å². The second kappa shape index (κ2) is 29.3. The third kappa shape index (κ3) is 60.3. The molecule has 0 aliphatic heterocycles. The molecular formula is C14H32. The highest BCUT2D eigenvalue weighted by molar-refractivity contribution is 4.63. The Bertz CT molecular complexity index is 60.4. The molecule has 0 aliphatic carbocycles. The van der Waals surface area contributed by atoms with Gasteiger partial charge in [0.05, 0.1) is 0 Å². The Hall–Kier alpha value is -0.260. The van der Waals surface area contributed by atoms with Crippen molar-refractivity contribution in [3.05, 3.63) is 12.7 Å². The van der Waals surface area contributed by atoms with Crippen LogP contribution in [-0.4, -0.2) is 0 Å². The van der Waals surface area contributed by atoms with E-state index in [1.807, 2.05) is 6.08 Å². The summed E-state index contributed by atoms with van der Waals surface area (Å²) in [6.45, 7) is 14.5. The topological polar surface area (TPSA) is 0 Å². The average molecular weight is 200 g/mol. The fourth-order valence-corrected chi connectivity index (χ4v) is 0.558. The molecule has 0 rings (SSSR count). The maximum atomic E-state index is 3.55. The van der Waals surface area contributed by atoms with Gasteiger partial charge in [-0.3, -0.25) is 0 Å². The first-order valence-electron chi connectivity index (χ1n) is 6.35. The van der Waals surface area contributed by atoms with Gasteiger partial charge < -0.3 is 0 Å². The number of rotatable bonds is 5. The van der Waals surface area contributed by atoms with Crippen molar-refractivity contribution >= 4 is 0 Å². The Morgan fingerprint density at radius 2 is 1.14 bits per heavy atom. The lowest BCUT2D eigenvalue weighted by molar-refractivity contribution is 0.772. The van der Waals surface area contributed by atoms with Crippen molar-refractivity contribution in [2.24, 2.45) is 0 Å². The quantitative estimate of drug-likeness (QED) is 0.479. The van der Waals surface area contributed by atoms with E-state index in [1.165, 1.54) is 38.5 Å². The van der Waals surface area contributed by atoms with Crippen molar-refractivity contribution in [2.75, 3.05) is 0 Å². The van der Waals surface area contributed by atoms with E-state index in [9.17, 15) is 0 Å². The molecule has 0 heterocycles. The zero-order chi connectivity index (χ0) is 11.7. The van der Waals surface area contributed by atoms with E-state index in [0.29, 0.717) is 0 Å². The summed E-state index contributed by atoms with van der Waals surface area (Å²) < 4.78 is 0. The van der Waals surface area contributed by atoms with E-state index in [-0.39, 0.29) is 0 Å². The monoisotopic (exact) mass is 200 g/mol. The van der Waals surface area contributed by atoms with Crippen molar-refractivity contribution in [2.45, 2.75) is 79.6 Å². The Balaban J connectivity index is -0.000000131. The van der Waals surface area contributed by atoms with Crippen LogP contribution in [0.15, 0.2) is 12.7 Å². The molecule has 0 aromatic heterocycles. The first kappa shape index (κ1) is 19.3. The zero-order valence-corrected chi connectivity index (χ0v) is 11.2. The summed E-state index contributed by atoms with van der Waals surface area (Å²) in [7, 11) is 0. The van der Waals surface area contributed by atoms with E-state index >= 15 is 0 Å². The third-order valence-corrected chi connectivity index (χ3v) is 1.70. The maximum absolute atomic E-state index is 3.55. The number of hydrogen-bond acceptors (Lipinski definition) is 0. The van der Waals surface area contributed by atoms with E-state index in [4.69, 9.17) is 0 Å². The number of hydrogen-bond donors (Lipinski definition) is 0. The molecule has 0 saturated heterocycles. The lowest BCUT2D eigenvalue weighted by Gasteiger charge is -1.79. The highest BCUT2D eigenvalue weighted by Gasteiger charge is 1.68. The van der Waals surface area contributed by atoms with Crippen LogP contribution < -0.4 is 0 Å². The van der Waals surface area contributed by atoms with Gasteiger partial charge in [0.1, 0.15) is 0 Å². The predicted molar refractivity (Wildman–Crippen MR) is 70.9 cm³/mol. The summed E-state index contributed by atoms with van der Waals surface area (Å²) in [5.41, 5.74) is 0. The van der Waals surface area contributed by atoms with Crippen molar-refractivity contribution < 1.29 is 0 Å². The molecule has 0 heteroatoms. The van der Waals surface area contributed by atoms with Crippen LogP contribution >= 0.6 is 0 Å². The standard InChI is InChI=1S/C5H12.C5H10.C4H10/c2*1-3-5-4-2;1-3-4-2/h3-5H2,1-2H3;3H,1,4-5H2,2H3;3-4H2,1-2H3. The van der Waals surface area contributed by atoms with Crippen LogP contribution in [0.2, 0.25) is 0 Å². The van der Waals surface area contributed by atoms with Crippen LogP contribution in [0, 0.1) is 0 Å². The van der Waals surface area contributed by atoms with Gasteiger partial charge in [-0.2, -0.15) is 0 Å². The van der Waals surface area contributed by atoms with Gasteiger partial charge in [-0.05, 0) is 6.42 Å². The van der Waals surface area contributed by atoms with Gasteiger partial charge >= 0.3 is 0 Å². The SMILES string of the molecule is C=CCCC.CCCC.CCCCC. The van der Waals surface area contributed by atoms with Crippen molar-refractivity contribution in [1.82, 2.24) is 0 Å². The predicted octanol–water partition coefficient (Wildman–Crippen LogP) is 5.98. The summed E-state index contributed by atoms with van der Waals surface area (Å²) in [6.07, 6.45) is 11.0. The molecule has 0 atom stereocenters. The molecule has 0 aliphatic rings. The van der Waals surface area contributed by atoms with E-state index < -0.39 is 0 Å². The molecule has 0 saturated carbocycles. The number of allylic oxidation sites excluding steroid dienone is 1. The zero-order valence-electron chi connectivity index (χ0n) is 11.2. The minimum Gasteiger partial charge on any atom is -0.103 e. The lowest BCUT2D eigenvalue weighted by atomic mass is 10.3. The Morgan fingerprint density at radius 3 is 1.14 bits per heavy atom. The second-order valence-electron chi connectivity index (χ2n) is 3.43. The van der Waals surface area contributed by atoms with E-state index in [1.54, 1.807) is 0 Å². The molecule has 0 aromatic carbocycles. The van der Waals surface area contributed by atoms with Crippen molar-refractivity contribution in [3.63, 3.8) is 0 Å². The maximum Gasteiger partial charge on any atom is -0.0356 e. The van der Waals surface area contributed by atoms with Gasteiger partial charge in [-0.1, -0.05) is 79.2 Å². The molecule has 0 nitrogen and oxygen atoms in total. The molecule has 0 fully saturated rings. The van der Waals surface area contributed by atoms with Gasteiger partial charge in [-0.25, -0.2) is 0 Å². The Morgan fingerprint density at radius 1 is 0.714 bits per heavy atom. The fourth-order valence-electron chi connectivity index (χ4n) is 0.558. The molecule has 0 spiro atoms. The van der Waals surface area contributed by atoms with Crippen LogP contribution in [0.3, 0.4) is 0 Å². The van der Waals surface area contributed by atoms with Crippen LogP contribution in [0.4, 0.5) is 0 Å². The minimum absolute atomic E-state index is 1.15. The van der Waals surface area contributed by atoms with Crippen molar-refractivity contribution in [3.8, 4) is 0 Å². The molecule has 0 N–H and O–H groups in total. The van der Waals surface area contributed by atoms with Gasteiger partial charge in [0, 0.05) is 0 Å². The Kier molecular flexibility index (Phi) is 40.5. The van der Waals surface area contributed by atoms with E-state index in [2.05, 4.69) is 41.2 Å². The second-order valence-corrected chi connectivity index (χ2v) is 3.43. The highest BCUT2D eigenvalue weighted by Crippen LogP contribution is 1.88. The summed E-state index contributed by atoms with van der Waals surface area (Å²) >= 11 is 0. The molecule has 0 radical (unpaired) electrons. The van der Waals surface area contributed by atoms with Gasteiger partial charge in [0.25, 0.3) is 0 Å². The van der Waals surface area contributed by atoms with Crippen molar-refractivity contribution in [1.29, 1.82) is 0 Å². The first-order chi connectivity index (χ1) is 6.74. The molecule has 0 bridgehead atoms. The highest BCUT2D eigenvalue weighted by atomic mass is 13.7. The minimum atomic E-state index is 1.15. The first-order valence-corrected chi connectivity index (χ1v) is 6.35. The van der Waals surface area contributed by atoms with Crippen LogP contribution in [-0.2, 0) is 0 Å². The summed E-state index contributed by atoms with van der Waals surface area (Å²) in [5.74, 6) is 0. The average Bonchev–Trinajstić information content (AvgIpc) is 2.22. The normalized spacial score (nSPS) is 7.79. The smallest absolute Gasteiger partial charge is 0.0356 e. The molecule has 88 valence electrons. The molecule has 0 unspecified atom stereocenters. The Labute approximate surface area is 92.8 Å². The third-order valence-electron chi connectivity index (χ3n) is 1.70. The molecular weight excluding hydrogens is 168 g/mol. The van der Waals surface area contributed by atoms with Crippen LogP contribution in [0.5, 0.6) is 0 Å². The summed E-state index contributed by atoms with van der Waals surface area (Å²) in [6, 6.07) is 0. The van der Waals surface area contributed by atoms with Crippen LogP contribution in [0.25, 0.3) is 0 Å². The lowest BCUT2D eigenvalue weighted by Crippen LogP contribution is -1.59. The molecule has 0 amide bonds. The van der Waals surface area contributed by atoms with Crippen LogP contribution in [0.1, 0.15) is 79.6 Å². The van der Waals surface area contributed by atoms with Gasteiger partial charge in [-0.15, -0.1) is 6.58 Å².